The molecule has 2 aromatic rings. The van der Waals surface area contributed by atoms with E-state index in [1.165, 1.54) is 22.5 Å². The van der Waals surface area contributed by atoms with E-state index in [2.05, 4.69) is 0 Å². The van der Waals surface area contributed by atoms with Gasteiger partial charge in [-0.1, -0.05) is 42.0 Å². The number of hydrogen-bond acceptors (Lipinski definition) is 7. The molecular weight excluding hydrogens is 556 g/mol. The van der Waals surface area contributed by atoms with E-state index in [4.69, 9.17) is 32.6 Å². The maximum atomic E-state index is 12.9. The molecule has 1 heterocycles. The Bertz CT molecular complexity index is 1440. The number of piperidine rings is 1. The molecule has 0 atom stereocenters. The second-order valence-electron chi connectivity index (χ2n) is 8.72. The average molecular weight is 585 g/mol. The second kappa shape index (κ2) is 12.2. The second-order valence-corrected chi connectivity index (χ2v) is 13.0. The van der Waals surface area contributed by atoms with Gasteiger partial charge >= 0.3 is 5.97 Å². The van der Waals surface area contributed by atoms with Gasteiger partial charge in [-0.3, -0.25) is 14.5 Å². The van der Waals surface area contributed by atoms with Crippen molar-refractivity contribution >= 4 is 55.2 Å². The lowest BCUT2D eigenvalue weighted by Crippen LogP contribution is -2.41. The van der Waals surface area contributed by atoms with Crippen molar-refractivity contribution in [1.82, 2.24) is 4.31 Å². The fourth-order valence-electron chi connectivity index (χ4n) is 3.91. The number of ether oxygens (including phenoxy) is 1. The van der Waals surface area contributed by atoms with Crippen LogP contribution < -0.4 is 14.8 Å². The van der Waals surface area contributed by atoms with Gasteiger partial charge < -0.3 is 15.6 Å². The quantitative estimate of drug-likeness (QED) is 0.267. The Balaban J connectivity index is 1.79. The number of halogens is 1. The van der Waals surface area contributed by atoms with Crippen molar-refractivity contribution in [3.05, 3.63) is 64.7 Å². The van der Waals surface area contributed by atoms with Crippen molar-refractivity contribution in [2.75, 3.05) is 35.9 Å². The summed E-state index contributed by atoms with van der Waals surface area (Å²) in [6.07, 6.45) is 5.02. The fourth-order valence-corrected chi connectivity index (χ4v) is 6.22. The van der Waals surface area contributed by atoms with Gasteiger partial charge in [0.2, 0.25) is 20.0 Å². The van der Waals surface area contributed by atoms with Crippen molar-refractivity contribution in [3.8, 4) is 5.75 Å². The van der Waals surface area contributed by atoms with E-state index in [0.29, 0.717) is 42.8 Å². The van der Waals surface area contributed by atoms with Crippen LogP contribution >= 0.6 is 11.6 Å². The van der Waals surface area contributed by atoms with Crippen LogP contribution in [0.5, 0.6) is 5.75 Å². The molecule has 0 aromatic heterocycles. The zero-order valence-corrected chi connectivity index (χ0v) is 23.0. The van der Waals surface area contributed by atoms with E-state index in [1.807, 2.05) is 0 Å². The number of rotatable bonds is 11. The minimum atomic E-state index is -4.26. The summed E-state index contributed by atoms with van der Waals surface area (Å²) in [6.45, 7) is 0.463. The maximum Gasteiger partial charge on any atom is 0.320 e. The Morgan fingerprint density at radius 3 is 2.47 bits per heavy atom. The summed E-state index contributed by atoms with van der Waals surface area (Å²) in [4.78, 5) is 11.2. The molecule has 14 heteroatoms. The lowest BCUT2D eigenvalue weighted by Gasteiger charge is -2.31. The molecule has 1 fully saturated rings. The molecule has 0 bridgehead atoms. The first-order valence-electron chi connectivity index (χ1n) is 11.5. The molecule has 4 N–H and O–H groups in total. The van der Waals surface area contributed by atoms with Crippen LogP contribution in [0.15, 0.2) is 48.5 Å². The minimum Gasteiger partial charge on any atom is -0.489 e. The van der Waals surface area contributed by atoms with Crippen LogP contribution in [-0.2, 0) is 24.8 Å². The van der Waals surface area contributed by atoms with Gasteiger partial charge in [0, 0.05) is 18.7 Å². The van der Waals surface area contributed by atoms with Gasteiger partial charge in [0.15, 0.2) is 5.75 Å². The maximum absolute atomic E-state index is 12.9. The van der Waals surface area contributed by atoms with Crippen molar-refractivity contribution in [3.63, 3.8) is 0 Å². The molecule has 1 aliphatic rings. The van der Waals surface area contributed by atoms with E-state index in [0.717, 1.165) is 10.6 Å². The summed E-state index contributed by atoms with van der Waals surface area (Å²) < 4.78 is 57.5. The molecule has 0 saturated carbocycles. The van der Waals surface area contributed by atoms with Gasteiger partial charge in [0.1, 0.15) is 17.7 Å². The van der Waals surface area contributed by atoms with Crippen LogP contribution in [0.4, 0.5) is 5.69 Å². The molecule has 3 rings (SSSR count). The monoisotopic (exact) mass is 584 g/mol. The van der Waals surface area contributed by atoms with Crippen LogP contribution in [0, 0.1) is 5.41 Å². The first kappa shape index (κ1) is 29.4. The number of nitrogen functional groups attached to an aromatic ring is 1. The number of carboxylic acids is 1. The zero-order chi connectivity index (χ0) is 28.1. The Morgan fingerprint density at radius 1 is 1.21 bits per heavy atom. The summed E-state index contributed by atoms with van der Waals surface area (Å²) in [6, 6.07) is 11.1. The van der Waals surface area contributed by atoms with Gasteiger partial charge in [-0.05, 0) is 42.7 Å². The minimum absolute atomic E-state index is 0.108. The third-order valence-corrected chi connectivity index (χ3v) is 9.03. The first-order valence-corrected chi connectivity index (χ1v) is 15.3. The van der Waals surface area contributed by atoms with Crippen LogP contribution in [0.1, 0.15) is 24.0 Å². The predicted molar refractivity (Wildman–Crippen MR) is 147 cm³/mol. The van der Waals surface area contributed by atoms with Gasteiger partial charge in [-0.15, -0.1) is 0 Å². The van der Waals surface area contributed by atoms with Gasteiger partial charge in [-0.25, -0.2) is 21.1 Å². The van der Waals surface area contributed by atoms with Crippen molar-refractivity contribution in [2.45, 2.75) is 18.9 Å². The van der Waals surface area contributed by atoms with E-state index in [-0.39, 0.29) is 29.2 Å². The summed E-state index contributed by atoms with van der Waals surface area (Å²) in [5, 5.41) is 16.8. The number of nitrogens with two attached hydrogens (primary N) is 1. The van der Waals surface area contributed by atoms with Crippen molar-refractivity contribution in [1.29, 1.82) is 5.41 Å². The van der Waals surface area contributed by atoms with Gasteiger partial charge in [0.25, 0.3) is 0 Å². The van der Waals surface area contributed by atoms with Crippen molar-refractivity contribution < 1.29 is 31.5 Å². The molecule has 206 valence electrons. The smallest absolute Gasteiger partial charge is 0.320 e. The van der Waals surface area contributed by atoms with Crippen molar-refractivity contribution in [2.24, 2.45) is 5.73 Å². The number of anilines is 1. The number of nitrogens with one attached hydrogen (secondary N) is 1. The summed E-state index contributed by atoms with van der Waals surface area (Å²) >= 11 is 6.41. The molecule has 38 heavy (non-hydrogen) atoms. The number of benzene rings is 2. The summed E-state index contributed by atoms with van der Waals surface area (Å²) in [5.74, 6) is -2.42. The summed E-state index contributed by atoms with van der Waals surface area (Å²) in [5.41, 5.74) is 6.85. The number of nitrogens with zero attached hydrogens (tertiary/aromatic N) is 2. The molecular formula is C24H29ClN4O7S2. The zero-order valence-electron chi connectivity index (χ0n) is 20.6. The van der Waals surface area contributed by atoms with E-state index in [1.54, 1.807) is 36.4 Å². The van der Waals surface area contributed by atoms with Crippen LogP contribution in [0.25, 0.3) is 6.08 Å². The predicted octanol–water partition coefficient (Wildman–Crippen LogP) is 2.36. The summed E-state index contributed by atoms with van der Waals surface area (Å²) in [7, 11) is -7.53. The highest BCUT2D eigenvalue weighted by Crippen LogP contribution is 2.33. The molecule has 0 aliphatic carbocycles. The normalized spacial score (nSPS) is 15.4. The van der Waals surface area contributed by atoms with E-state index < -0.39 is 31.8 Å². The number of amidine groups is 1. The first-order chi connectivity index (χ1) is 17.8. The molecule has 0 amide bonds. The molecule has 1 aliphatic heterocycles. The number of carboxylic acid groups (broad SMARTS) is 1. The highest BCUT2D eigenvalue weighted by atomic mass is 35.5. The lowest BCUT2D eigenvalue weighted by atomic mass is 10.1. The van der Waals surface area contributed by atoms with Crippen LogP contribution in [-0.4, -0.2) is 75.8 Å². The number of sulfonamides is 2. The highest BCUT2D eigenvalue weighted by molar-refractivity contribution is 7.93. The van der Waals surface area contributed by atoms with Gasteiger partial charge in [-0.2, -0.15) is 0 Å². The highest BCUT2D eigenvalue weighted by Gasteiger charge is 2.28. The topological polar surface area (TPSA) is 171 Å². The van der Waals surface area contributed by atoms with Crippen LogP contribution in [0.3, 0.4) is 0 Å². The van der Waals surface area contributed by atoms with Crippen LogP contribution in [0.2, 0.25) is 5.02 Å². The Labute approximate surface area is 227 Å². The standard InChI is InChI=1S/C24H29ClN4O7S2/c1-37(32,33)28-12-9-20(10-13-28)36-22-8-7-19(15-21(22)25)29(38(34,35)16-23(30)31)11-3-5-17-4-2-6-18(14-17)24(26)27/h2-8,14-15,20H,9-13,16H2,1H3,(H3,26,27)(H,30,31)/b5-3+. The molecule has 1 saturated heterocycles. The lowest BCUT2D eigenvalue weighted by molar-refractivity contribution is -0.134. The molecule has 2 aromatic carbocycles. The molecule has 0 unspecified atom stereocenters. The Morgan fingerprint density at radius 2 is 1.89 bits per heavy atom. The van der Waals surface area contributed by atoms with E-state index >= 15 is 0 Å². The Kier molecular flexibility index (Phi) is 9.41. The number of aliphatic carboxylic acids is 1. The number of hydrogen-bond donors (Lipinski definition) is 3. The molecule has 0 spiro atoms. The van der Waals surface area contributed by atoms with Gasteiger partial charge in [0.05, 0.1) is 23.5 Å². The molecule has 0 radical (unpaired) electrons. The number of carbonyl (C=O) groups is 1. The Hall–Kier alpha value is -3.13. The SMILES string of the molecule is CS(=O)(=O)N1CCC(Oc2ccc(N(C/C=C/c3cccc(C(=N)N)c3)S(=O)(=O)CC(=O)O)cc2Cl)CC1. The third kappa shape index (κ3) is 7.93. The third-order valence-electron chi connectivity index (χ3n) is 5.79. The largest absolute Gasteiger partial charge is 0.489 e. The van der Waals surface area contributed by atoms with E-state index in [9.17, 15) is 21.6 Å². The molecule has 11 nitrogen and oxygen atoms in total. The average Bonchev–Trinajstić information content (AvgIpc) is 2.82. The fraction of sp³-hybridized carbons (Fsp3) is 0.333.